The van der Waals surface area contributed by atoms with Gasteiger partial charge in [0.15, 0.2) is 0 Å². The van der Waals surface area contributed by atoms with Crippen LogP contribution in [0.4, 0.5) is 0 Å². The SMILES string of the molecule is CCC(CC(=O)OC)NC(=O)CCc1cccnc1. The lowest BCUT2D eigenvalue weighted by atomic mass is 10.1. The van der Waals surface area contributed by atoms with Crippen molar-refractivity contribution in [2.45, 2.75) is 38.6 Å². The van der Waals surface area contributed by atoms with Crippen LogP contribution >= 0.6 is 0 Å². The summed E-state index contributed by atoms with van der Waals surface area (Å²) in [6, 6.07) is 3.62. The van der Waals surface area contributed by atoms with Gasteiger partial charge in [-0.15, -0.1) is 0 Å². The predicted molar refractivity (Wildman–Crippen MR) is 71.4 cm³/mol. The topological polar surface area (TPSA) is 68.3 Å². The maximum Gasteiger partial charge on any atom is 0.307 e. The van der Waals surface area contributed by atoms with Gasteiger partial charge in [-0.25, -0.2) is 0 Å². The molecule has 0 aliphatic carbocycles. The van der Waals surface area contributed by atoms with Crippen LogP contribution in [0, 0.1) is 0 Å². The average Bonchev–Trinajstić information content (AvgIpc) is 2.45. The summed E-state index contributed by atoms with van der Waals surface area (Å²) < 4.78 is 4.59. The molecule has 0 bridgehead atoms. The molecule has 0 aliphatic rings. The van der Waals surface area contributed by atoms with Crippen molar-refractivity contribution in [1.82, 2.24) is 10.3 Å². The van der Waals surface area contributed by atoms with E-state index in [1.807, 2.05) is 19.1 Å². The zero-order chi connectivity index (χ0) is 14.1. The highest BCUT2D eigenvalue weighted by Crippen LogP contribution is 2.03. The van der Waals surface area contributed by atoms with Crippen molar-refractivity contribution in [2.75, 3.05) is 7.11 Å². The minimum atomic E-state index is -0.306. The third-order valence-corrected chi connectivity index (χ3v) is 2.86. The molecule has 1 amide bonds. The molecule has 0 aliphatic heterocycles. The first-order valence-electron chi connectivity index (χ1n) is 6.40. The fourth-order valence-electron chi connectivity index (χ4n) is 1.69. The second kappa shape index (κ2) is 8.24. The number of nitrogens with zero attached hydrogens (tertiary/aromatic N) is 1. The Balaban J connectivity index is 2.35. The largest absolute Gasteiger partial charge is 0.469 e. The summed E-state index contributed by atoms with van der Waals surface area (Å²) >= 11 is 0. The number of pyridine rings is 1. The van der Waals surface area contributed by atoms with Crippen LogP contribution in [-0.4, -0.2) is 30.0 Å². The van der Waals surface area contributed by atoms with E-state index in [9.17, 15) is 9.59 Å². The zero-order valence-electron chi connectivity index (χ0n) is 11.4. The third kappa shape index (κ3) is 5.99. The molecule has 0 fully saturated rings. The van der Waals surface area contributed by atoms with Crippen LogP contribution < -0.4 is 5.32 Å². The lowest BCUT2D eigenvalue weighted by Crippen LogP contribution is -2.36. The molecule has 104 valence electrons. The molecular weight excluding hydrogens is 244 g/mol. The second-order valence-electron chi connectivity index (χ2n) is 4.31. The monoisotopic (exact) mass is 264 g/mol. The van der Waals surface area contributed by atoms with Crippen LogP contribution in [0.25, 0.3) is 0 Å². The fourth-order valence-corrected chi connectivity index (χ4v) is 1.69. The molecular formula is C14H20N2O3. The summed E-state index contributed by atoms with van der Waals surface area (Å²) in [7, 11) is 1.35. The molecule has 5 heteroatoms. The number of hydrogen-bond donors (Lipinski definition) is 1. The minimum Gasteiger partial charge on any atom is -0.469 e. The molecule has 1 unspecified atom stereocenters. The highest BCUT2D eigenvalue weighted by atomic mass is 16.5. The molecule has 0 saturated carbocycles. The maximum absolute atomic E-state index is 11.8. The number of carbonyl (C=O) groups excluding carboxylic acids is 2. The number of aromatic nitrogens is 1. The van der Waals surface area contributed by atoms with E-state index in [0.29, 0.717) is 19.3 Å². The molecule has 0 saturated heterocycles. The Labute approximate surface area is 113 Å². The summed E-state index contributed by atoms with van der Waals surface area (Å²) in [5.41, 5.74) is 1.03. The van der Waals surface area contributed by atoms with Gasteiger partial charge in [0.05, 0.1) is 13.5 Å². The van der Waals surface area contributed by atoms with Crippen LogP contribution in [-0.2, 0) is 20.7 Å². The van der Waals surface area contributed by atoms with Gasteiger partial charge in [0, 0.05) is 24.9 Å². The zero-order valence-corrected chi connectivity index (χ0v) is 11.4. The first-order valence-corrected chi connectivity index (χ1v) is 6.40. The molecule has 0 aromatic carbocycles. The summed E-state index contributed by atoms with van der Waals surface area (Å²) in [6.07, 6.45) is 5.41. The Bertz CT molecular complexity index is 406. The van der Waals surface area contributed by atoms with Gasteiger partial charge in [-0.2, -0.15) is 0 Å². The number of aryl methyl sites for hydroxylation is 1. The second-order valence-corrected chi connectivity index (χ2v) is 4.31. The Kier molecular flexibility index (Phi) is 6.57. The first-order chi connectivity index (χ1) is 9.15. The lowest BCUT2D eigenvalue weighted by Gasteiger charge is -2.15. The van der Waals surface area contributed by atoms with Gasteiger partial charge >= 0.3 is 5.97 Å². The molecule has 1 atom stereocenters. The van der Waals surface area contributed by atoms with E-state index in [2.05, 4.69) is 15.0 Å². The molecule has 0 radical (unpaired) electrons. The Hall–Kier alpha value is -1.91. The normalized spacial score (nSPS) is 11.7. The number of esters is 1. The van der Waals surface area contributed by atoms with Gasteiger partial charge in [-0.1, -0.05) is 13.0 Å². The van der Waals surface area contributed by atoms with Crippen molar-refractivity contribution in [2.24, 2.45) is 0 Å². The molecule has 19 heavy (non-hydrogen) atoms. The molecule has 1 N–H and O–H groups in total. The number of methoxy groups -OCH3 is 1. The van der Waals surface area contributed by atoms with Crippen LogP contribution in [0.5, 0.6) is 0 Å². The van der Waals surface area contributed by atoms with Gasteiger partial charge in [-0.05, 0) is 24.5 Å². The van der Waals surface area contributed by atoms with Crippen molar-refractivity contribution in [1.29, 1.82) is 0 Å². The number of rotatable bonds is 7. The summed E-state index contributed by atoms with van der Waals surface area (Å²) in [4.78, 5) is 26.9. The van der Waals surface area contributed by atoms with Gasteiger partial charge < -0.3 is 10.1 Å². The van der Waals surface area contributed by atoms with Crippen molar-refractivity contribution in [3.63, 3.8) is 0 Å². The standard InChI is InChI=1S/C14H20N2O3/c1-3-12(9-14(18)19-2)16-13(17)7-6-11-5-4-8-15-10-11/h4-5,8,10,12H,3,6-7,9H2,1-2H3,(H,16,17). The van der Waals surface area contributed by atoms with Crippen LogP contribution in [0.3, 0.4) is 0 Å². The van der Waals surface area contributed by atoms with Gasteiger partial charge in [0.1, 0.15) is 0 Å². The highest BCUT2D eigenvalue weighted by molar-refractivity contribution is 5.77. The Morgan fingerprint density at radius 1 is 1.47 bits per heavy atom. The first kappa shape index (κ1) is 15.1. The van der Waals surface area contributed by atoms with E-state index in [-0.39, 0.29) is 24.3 Å². The molecule has 1 rings (SSSR count). The predicted octanol–water partition coefficient (Wildman–Crippen LogP) is 1.47. The van der Waals surface area contributed by atoms with Gasteiger partial charge in [0.25, 0.3) is 0 Å². The van der Waals surface area contributed by atoms with Crippen molar-refractivity contribution < 1.29 is 14.3 Å². The van der Waals surface area contributed by atoms with Crippen LogP contribution in [0.2, 0.25) is 0 Å². The Morgan fingerprint density at radius 3 is 2.84 bits per heavy atom. The van der Waals surface area contributed by atoms with Crippen LogP contribution in [0.1, 0.15) is 31.7 Å². The van der Waals surface area contributed by atoms with E-state index in [4.69, 9.17) is 0 Å². The molecule has 5 nitrogen and oxygen atoms in total. The molecule has 1 aromatic heterocycles. The van der Waals surface area contributed by atoms with Crippen molar-refractivity contribution >= 4 is 11.9 Å². The smallest absolute Gasteiger partial charge is 0.307 e. The van der Waals surface area contributed by atoms with E-state index >= 15 is 0 Å². The number of amides is 1. The maximum atomic E-state index is 11.8. The fraction of sp³-hybridized carbons (Fsp3) is 0.500. The van der Waals surface area contributed by atoms with E-state index in [0.717, 1.165) is 5.56 Å². The number of carbonyl (C=O) groups is 2. The number of ether oxygens (including phenoxy) is 1. The summed E-state index contributed by atoms with van der Waals surface area (Å²) in [6.45, 7) is 1.93. The quantitative estimate of drug-likeness (QED) is 0.757. The Morgan fingerprint density at radius 2 is 2.26 bits per heavy atom. The van der Waals surface area contributed by atoms with Crippen molar-refractivity contribution in [3.8, 4) is 0 Å². The summed E-state index contributed by atoms with van der Waals surface area (Å²) in [5.74, 6) is -0.362. The molecule has 1 heterocycles. The highest BCUT2D eigenvalue weighted by Gasteiger charge is 2.14. The van der Waals surface area contributed by atoms with Crippen LogP contribution in [0.15, 0.2) is 24.5 Å². The van der Waals surface area contributed by atoms with E-state index in [1.54, 1.807) is 12.4 Å². The van der Waals surface area contributed by atoms with E-state index in [1.165, 1.54) is 7.11 Å². The van der Waals surface area contributed by atoms with Gasteiger partial charge in [-0.3, -0.25) is 14.6 Å². The third-order valence-electron chi connectivity index (χ3n) is 2.86. The summed E-state index contributed by atoms with van der Waals surface area (Å²) in [5, 5.41) is 2.84. The average molecular weight is 264 g/mol. The number of nitrogens with one attached hydrogen (secondary N) is 1. The van der Waals surface area contributed by atoms with Crippen molar-refractivity contribution in [3.05, 3.63) is 30.1 Å². The molecule has 1 aromatic rings. The molecule has 0 spiro atoms. The van der Waals surface area contributed by atoms with E-state index < -0.39 is 0 Å². The minimum absolute atomic E-state index is 0.0559. The lowest BCUT2D eigenvalue weighted by molar-refractivity contribution is -0.141. The number of hydrogen-bond acceptors (Lipinski definition) is 4. The van der Waals surface area contributed by atoms with Gasteiger partial charge in [0.2, 0.25) is 5.91 Å².